The first kappa shape index (κ1) is 12.2. The van der Waals surface area contributed by atoms with E-state index in [1.807, 2.05) is 42.4 Å². The second kappa shape index (κ2) is 3.97. The predicted molar refractivity (Wildman–Crippen MR) is 78.3 cm³/mol. The van der Waals surface area contributed by atoms with E-state index in [0.29, 0.717) is 5.75 Å². The molecular weight excluding hydrogens is 268 g/mol. The summed E-state index contributed by atoms with van der Waals surface area (Å²) in [6, 6.07) is 5.56. The van der Waals surface area contributed by atoms with Crippen molar-refractivity contribution in [3.63, 3.8) is 0 Å². The molecule has 4 rings (SSSR count). The van der Waals surface area contributed by atoms with Gasteiger partial charge >= 0.3 is 0 Å². The van der Waals surface area contributed by atoms with Crippen molar-refractivity contribution in [3.8, 4) is 5.75 Å². The molecule has 2 aliphatic heterocycles. The number of hydrogen-bond acceptors (Lipinski definition) is 4. The number of methoxy groups -OCH3 is 1. The van der Waals surface area contributed by atoms with Crippen LogP contribution >= 0.6 is 0 Å². The van der Waals surface area contributed by atoms with Gasteiger partial charge in [0.2, 0.25) is 5.78 Å². The first-order valence-corrected chi connectivity index (χ1v) is 6.82. The first-order chi connectivity index (χ1) is 10.1. The second-order valence-electron chi connectivity index (χ2n) is 5.45. The van der Waals surface area contributed by atoms with Gasteiger partial charge in [0, 0.05) is 36.7 Å². The maximum absolute atomic E-state index is 12.4. The van der Waals surface area contributed by atoms with Crippen LogP contribution < -0.4 is 4.74 Å². The Labute approximate surface area is 121 Å². The molecule has 1 aromatic carbocycles. The van der Waals surface area contributed by atoms with Gasteiger partial charge in [-0.1, -0.05) is 0 Å². The van der Waals surface area contributed by atoms with Crippen molar-refractivity contribution in [2.45, 2.75) is 12.5 Å². The zero-order valence-electron chi connectivity index (χ0n) is 11.8. The van der Waals surface area contributed by atoms with Crippen LogP contribution in [0.4, 0.5) is 0 Å². The number of Topliss-reactive ketones (excluding diaryl/α,β-unsaturated/α-hetero) is 1. The molecule has 3 heterocycles. The Kier molecular flexibility index (Phi) is 2.31. The molecule has 2 aromatic rings. The summed E-state index contributed by atoms with van der Waals surface area (Å²) in [5.41, 5.74) is 2.67. The van der Waals surface area contributed by atoms with E-state index in [2.05, 4.69) is 0 Å². The number of nitrogens with zero attached hydrogens (tertiary/aromatic N) is 2. The van der Waals surface area contributed by atoms with Gasteiger partial charge in [-0.25, -0.2) is 0 Å². The SMILES string of the molecule is COc1ccc2c3c4n(c2c1)C(=O)C(=O)C[C@@H]4N(C)C=C3. The van der Waals surface area contributed by atoms with E-state index < -0.39 is 5.91 Å². The van der Waals surface area contributed by atoms with Gasteiger partial charge in [-0.2, -0.15) is 0 Å². The number of carbonyl (C=O) groups is 2. The molecule has 0 bridgehead atoms. The molecule has 21 heavy (non-hydrogen) atoms. The molecule has 0 unspecified atom stereocenters. The molecule has 106 valence electrons. The Hall–Kier alpha value is -2.56. The molecule has 2 aliphatic rings. The third kappa shape index (κ3) is 1.46. The van der Waals surface area contributed by atoms with Gasteiger partial charge in [0.25, 0.3) is 5.91 Å². The molecule has 0 saturated carbocycles. The van der Waals surface area contributed by atoms with Gasteiger partial charge in [-0.05, 0) is 18.2 Å². The molecule has 0 spiro atoms. The zero-order valence-corrected chi connectivity index (χ0v) is 11.8. The number of rotatable bonds is 1. The maximum atomic E-state index is 12.4. The summed E-state index contributed by atoms with van der Waals surface area (Å²) in [7, 11) is 3.51. The number of ether oxygens (including phenoxy) is 1. The van der Waals surface area contributed by atoms with Crippen molar-refractivity contribution >= 4 is 28.7 Å². The lowest BCUT2D eigenvalue weighted by Crippen LogP contribution is -2.37. The minimum absolute atomic E-state index is 0.0754. The number of fused-ring (bicyclic) bond motifs is 3. The lowest BCUT2D eigenvalue weighted by molar-refractivity contribution is -0.117. The summed E-state index contributed by atoms with van der Waals surface area (Å²) in [5, 5.41) is 0.975. The van der Waals surface area contributed by atoms with Gasteiger partial charge in [-0.3, -0.25) is 14.2 Å². The van der Waals surface area contributed by atoms with Crippen molar-refractivity contribution < 1.29 is 14.3 Å². The van der Waals surface area contributed by atoms with Crippen LogP contribution in [-0.4, -0.2) is 35.3 Å². The van der Waals surface area contributed by atoms with Gasteiger partial charge < -0.3 is 9.64 Å². The molecular formula is C16H14N2O3. The van der Waals surface area contributed by atoms with Crippen LogP contribution in [0.2, 0.25) is 0 Å². The molecule has 0 aliphatic carbocycles. The van der Waals surface area contributed by atoms with Crippen molar-refractivity contribution in [2.24, 2.45) is 0 Å². The summed E-state index contributed by atoms with van der Waals surface area (Å²) in [5.74, 6) is -0.122. The van der Waals surface area contributed by atoms with E-state index in [1.54, 1.807) is 11.7 Å². The number of carbonyl (C=O) groups excluding carboxylic acids is 2. The lowest BCUT2D eigenvalue weighted by Gasteiger charge is -2.33. The zero-order chi connectivity index (χ0) is 14.7. The third-order valence-corrected chi connectivity index (χ3v) is 4.36. The second-order valence-corrected chi connectivity index (χ2v) is 5.45. The normalized spacial score (nSPS) is 20.1. The smallest absolute Gasteiger partial charge is 0.298 e. The molecule has 0 amide bonds. The summed E-state index contributed by atoms with van der Waals surface area (Å²) in [6.45, 7) is 0. The van der Waals surface area contributed by atoms with Crippen LogP contribution in [0.15, 0.2) is 24.4 Å². The number of hydrogen-bond donors (Lipinski definition) is 0. The van der Waals surface area contributed by atoms with Gasteiger partial charge in [0.05, 0.1) is 24.4 Å². The first-order valence-electron chi connectivity index (χ1n) is 6.82. The fraction of sp³-hybridized carbons (Fsp3) is 0.250. The predicted octanol–water partition coefficient (Wildman–Crippen LogP) is 2.22. The van der Waals surface area contributed by atoms with Crippen molar-refractivity contribution in [3.05, 3.63) is 35.7 Å². The summed E-state index contributed by atoms with van der Waals surface area (Å²) >= 11 is 0. The molecule has 0 N–H and O–H groups in total. The van der Waals surface area contributed by atoms with E-state index in [1.165, 1.54) is 0 Å². The van der Waals surface area contributed by atoms with Crippen LogP contribution in [0.1, 0.15) is 28.5 Å². The van der Waals surface area contributed by atoms with Gasteiger partial charge in [0.1, 0.15) is 5.75 Å². The van der Waals surface area contributed by atoms with Crippen molar-refractivity contribution in [2.75, 3.05) is 14.2 Å². The van der Waals surface area contributed by atoms with Crippen LogP contribution in [0.5, 0.6) is 5.75 Å². The largest absolute Gasteiger partial charge is 0.497 e. The molecule has 5 nitrogen and oxygen atoms in total. The van der Waals surface area contributed by atoms with Crippen molar-refractivity contribution in [1.29, 1.82) is 0 Å². The van der Waals surface area contributed by atoms with Crippen LogP contribution in [0, 0.1) is 0 Å². The number of ketones is 1. The molecule has 1 atom stereocenters. The van der Waals surface area contributed by atoms with Crippen LogP contribution in [0.25, 0.3) is 17.0 Å². The molecule has 0 fully saturated rings. The minimum atomic E-state index is -0.450. The third-order valence-electron chi connectivity index (χ3n) is 4.36. The monoisotopic (exact) mass is 282 g/mol. The van der Waals surface area contributed by atoms with Crippen molar-refractivity contribution in [1.82, 2.24) is 9.47 Å². The highest BCUT2D eigenvalue weighted by atomic mass is 16.5. The quantitative estimate of drug-likeness (QED) is 0.753. The van der Waals surface area contributed by atoms with E-state index in [4.69, 9.17) is 4.74 Å². The summed E-state index contributed by atoms with van der Waals surface area (Å²) in [4.78, 5) is 26.4. The number of aromatic nitrogens is 1. The Morgan fingerprint density at radius 2 is 2.10 bits per heavy atom. The molecule has 1 aromatic heterocycles. The highest BCUT2D eigenvalue weighted by Gasteiger charge is 2.38. The average Bonchev–Trinajstić information content (AvgIpc) is 2.82. The summed E-state index contributed by atoms with van der Waals surface area (Å²) in [6.07, 6.45) is 4.20. The topological polar surface area (TPSA) is 51.5 Å². The highest BCUT2D eigenvalue weighted by molar-refractivity contribution is 6.39. The van der Waals surface area contributed by atoms with Gasteiger partial charge in [0.15, 0.2) is 0 Å². The van der Waals surface area contributed by atoms with Gasteiger partial charge in [-0.15, -0.1) is 0 Å². The van der Waals surface area contributed by atoms with E-state index in [9.17, 15) is 9.59 Å². The van der Waals surface area contributed by atoms with E-state index >= 15 is 0 Å². The average molecular weight is 282 g/mol. The Morgan fingerprint density at radius 3 is 2.86 bits per heavy atom. The minimum Gasteiger partial charge on any atom is -0.497 e. The Balaban J connectivity index is 2.14. The summed E-state index contributed by atoms with van der Waals surface area (Å²) < 4.78 is 6.80. The Bertz CT molecular complexity index is 832. The van der Waals surface area contributed by atoms with E-state index in [-0.39, 0.29) is 18.2 Å². The standard InChI is InChI=1S/C16H14N2O3/c1-17-6-5-11-10-4-3-9(21-2)7-12(10)18-15(11)13(17)8-14(19)16(18)20/h3-7,13H,8H2,1-2H3/t13-/m0/s1. The molecule has 5 heteroatoms. The van der Waals surface area contributed by atoms with Crippen LogP contribution in [0.3, 0.4) is 0 Å². The van der Waals surface area contributed by atoms with Crippen LogP contribution in [-0.2, 0) is 4.79 Å². The molecule has 0 radical (unpaired) electrons. The number of benzene rings is 1. The fourth-order valence-corrected chi connectivity index (χ4v) is 3.28. The molecule has 0 saturated heterocycles. The lowest BCUT2D eigenvalue weighted by atomic mass is 9.95. The highest BCUT2D eigenvalue weighted by Crippen LogP contribution is 2.41. The fourth-order valence-electron chi connectivity index (χ4n) is 3.28. The maximum Gasteiger partial charge on any atom is 0.298 e. The van der Waals surface area contributed by atoms with E-state index in [0.717, 1.165) is 22.2 Å². The Morgan fingerprint density at radius 1 is 1.29 bits per heavy atom.